The average Bonchev–Trinajstić information content (AvgIpc) is 2.67. The van der Waals surface area contributed by atoms with E-state index in [9.17, 15) is 9.59 Å². The third-order valence-electron chi connectivity index (χ3n) is 4.12. The Morgan fingerprint density at radius 1 is 1.10 bits per heavy atom. The van der Waals surface area contributed by atoms with E-state index >= 15 is 0 Å². The van der Waals surface area contributed by atoms with Gasteiger partial charge in [0.05, 0.1) is 27.4 Å². The Morgan fingerprint density at radius 3 is 2.39 bits per heavy atom. The molecule has 31 heavy (non-hydrogen) atoms. The molecule has 2 amide bonds. The monoisotopic (exact) mass is 527 g/mol. The highest BCUT2D eigenvalue weighted by atomic mass is 79.9. The van der Waals surface area contributed by atoms with E-state index in [1.165, 1.54) is 18.3 Å². The molecule has 0 aliphatic carbocycles. The summed E-state index contributed by atoms with van der Waals surface area (Å²) in [6.45, 7) is 7.54. The first-order chi connectivity index (χ1) is 14.6. The summed E-state index contributed by atoms with van der Waals surface area (Å²) in [7, 11) is 0. The molecule has 2 aromatic carbocycles. The molecule has 0 heterocycles. The molecule has 0 radical (unpaired) electrons. The minimum absolute atomic E-state index is 0.0565. The predicted octanol–water partition coefficient (Wildman–Crippen LogP) is 5.45. The normalized spacial score (nSPS) is 12.3. The van der Waals surface area contributed by atoms with E-state index in [4.69, 9.17) is 27.9 Å². The minimum Gasteiger partial charge on any atom is -0.490 e. The molecule has 9 heteroatoms. The zero-order valence-electron chi connectivity index (χ0n) is 17.6. The summed E-state index contributed by atoms with van der Waals surface area (Å²) in [6, 6.07) is 9.22. The van der Waals surface area contributed by atoms with Gasteiger partial charge in [-0.1, -0.05) is 37.0 Å². The van der Waals surface area contributed by atoms with Crippen LogP contribution in [0.3, 0.4) is 0 Å². The summed E-state index contributed by atoms with van der Waals surface area (Å²) >= 11 is 15.4. The smallest absolute Gasteiger partial charge is 0.262 e. The van der Waals surface area contributed by atoms with Crippen LogP contribution in [0.1, 0.15) is 43.6 Å². The first-order valence-corrected chi connectivity index (χ1v) is 11.2. The number of amides is 2. The van der Waals surface area contributed by atoms with E-state index in [1.54, 1.807) is 6.07 Å². The van der Waals surface area contributed by atoms with Gasteiger partial charge in [0.15, 0.2) is 0 Å². The van der Waals surface area contributed by atoms with Crippen molar-refractivity contribution in [1.82, 2.24) is 10.7 Å². The van der Waals surface area contributed by atoms with Crippen LogP contribution in [0.2, 0.25) is 10.0 Å². The number of benzene rings is 2. The third-order valence-corrected chi connectivity index (χ3v) is 5.29. The summed E-state index contributed by atoms with van der Waals surface area (Å²) in [5.41, 5.74) is 3.48. The number of hydrogen-bond donors (Lipinski definition) is 2. The van der Waals surface area contributed by atoms with Crippen molar-refractivity contribution in [3.63, 3.8) is 0 Å². The summed E-state index contributed by atoms with van der Waals surface area (Å²) in [5, 5.41) is 7.33. The van der Waals surface area contributed by atoms with Gasteiger partial charge < -0.3 is 10.1 Å². The van der Waals surface area contributed by atoms with Crippen LogP contribution in [0, 0.1) is 5.92 Å². The Hall–Kier alpha value is -2.09. The van der Waals surface area contributed by atoms with Crippen molar-refractivity contribution in [3.05, 3.63) is 62.0 Å². The molecule has 0 aromatic heterocycles. The fraction of sp³-hybridized carbons (Fsp3) is 0.318. The first-order valence-electron chi connectivity index (χ1n) is 9.63. The number of nitrogens with zero attached hydrogens (tertiary/aromatic N) is 1. The molecule has 0 aliphatic rings. The van der Waals surface area contributed by atoms with Crippen molar-refractivity contribution in [2.45, 2.75) is 39.8 Å². The average molecular weight is 529 g/mol. The van der Waals surface area contributed by atoms with E-state index in [0.717, 1.165) is 15.8 Å². The van der Waals surface area contributed by atoms with Crippen LogP contribution >= 0.6 is 39.1 Å². The van der Waals surface area contributed by atoms with Gasteiger partial charge in [-0.15, -0.1) is 0 Å². The highest BCUT2D eigenvalue weighted by Crippen LogP contribution is 2.26. The van der Waals surface area contributed by atoms with Crippen LogP contribution in [0.4, 0.5) is 0 Å². The van der Waals surface area contributed by atoms with Crippen molar-refractivity contribution in [2.75, 3.05) is 0 Å². The lowest BCUT2D eigenvalue weighted by Gasteiger charge is -2.20. The lowest BCUT2D eigenvalue weighted by atomic mass is 10.0. The molecule has 0 saturated heterocycles. The van der Waals surface area contributed by atoms with Crippen molar-refractivity contribution in [3.8, 4) is 5.75 Å². The van der Waals surface area contributed by atoms with E-state index in [1.807, 2.05) is 45.9 Å². The fourth-order valence-electron chi connectivity index (χ4n) is 2.61. The number of halogens is 3. The molecule has 166 valence electrons. The van der Waals surface area contributed by atoms with Crippen LogP contribution in [0.25, 0.3) is 0 Å². The topological polar surface area (TPSA) is 79.8 Å². The molecule has 6 nitrogen and oxygen atoms in total. The molecule has 2 N–H and O–H groups in total. The maximum Gasteiger partial charge on any atom is 0.262 e. The van der Waals surface area contributed by atoms with E-state index in [-0.39, 0.29) is 22.6 Å². The lowest BCUT2D eigenvalue weighted by molar-refractivity contribution is -0.123. The standard InChI is InChI=1S/C22H24BrCl2N3O3/c1-12(2)20(27-21(29)16-7-6-15(24)10-18(16)25)22(30)28-26-11-14-5-8-19(17(23)9-14)31-13(3)4/h5-13,20H,1-4H3,(H,27,29)(H,28,30). The molecule has 2 aromatic rings. The largest absolute Gasteiger partial charge is 0.490 e. The molecule has 0 spiro atoms. The van der Waals surface area contributed by atoms with Gasteiger partial charge in [0, 0.05) is 5.02 Å². The summed E-state index contributed by atoms with van der Waals surface area (Å²) < 4.78 is 6.45. The Balaban J connectivity index is 2.04. The molecular formula is C22H24BrCl2N3O3. The maximum atomic E-state index is 12.6. The number of hydrazone groups is 1. The number of nitrogens with one attached hydrogen (secondary N) is 2. The van der Waals surface area contributed by atoms with E-state index in [0.29, 0.717) is 5.02 Å². The molecule has 0 saturated carbocycles. The summed E-state index contributed by atoms with van der Waals surface area (Å²) in [4.78, 5) is 25.2. The van der Waals surface area contributed by atoms with Gasteiger partial charge in [0.1, 0.15) is 11.8 Å². The van der Waals surface area contributed by atoms with Gasteiger partial charge in [0.2, 0.25) is 0 Å². The van der Waals surface area contributed by atoms with Crippen LogP contribution in [-0.2, 0) is 4.79 Å². The minimum atomic E-state index is -0.801. The fourth-order valence-corrected chi connectivity index (χ4v) is 3.60. The van der Waals surface area contributed by atoms with Crippen LogP contribution in [0.15, 0.2) is 46.0 Å². The number of rotatable bonds is 8. The molecule has 2 rings (SSSR count). The number of hydrogen-bond acceptors (Lipinski definition) is 4. The second-order valence-corrected chi connectivity index (χ2v) is 9.11. The van der Waals surface area contributed by atoms with Crippen molar-refractivity contribution >= 4 is 57.2 Å². The first kappa shape index (κ1) is 25.2. The number of carbonyl (C=O) groups is 2. The van der Waals surface area contributed by atoms with Gasteiger partial charge in [-0.05, 0) is 77.7 Å². The molecule has 0 fully saturated rings. The number of ether oxygens (including phenoxy) is 1. The summed E-state index contributed by atoms with van der Waals surface area (Å²) in [6.07, 6.45) is 1.57. The molecule has 0 bridgehead atoms. The molecule has 1 atom stereocenters. The van der Waals surface area contributed by atoms with Crippen LogP contribution in [-0.4, -0.2) is 30.2 Å². The predicted molar refractivity (Wildman–Crippen MR) is 128 cm³/mol. The van der Waals surface area contributed by atoms with Gasteiger partial charge in [-0.3, -0.25) is 9.59 Å². The van der Waals surface area contributed by atoms with E-state index in [2.05, 4.69) is 31.8 Å². The Kier molecular flexibility index (Phi) is 9.34. The highest BCUT2D eigenvalue weighted by molar-refractivity contribution is 9.10. The number of carbonyl (C=O) groups excluding carboxylic acids is 2. The zero-order valence-corrected chi connectivity index (χ0v) is 20.7. The van der Waals surface area contributed by atoms with Crippen LogP contribution in [0.5, 0.6) is 5.75 Å². The SMILES string of the molecule is CC(C)Oc1ccc(C=NNC(=O)C(NC(=O)c2ccc(Cl)cc2Cl)C(C)C)cc1Br. The quantitative estimate of drug-likeness (QED) is 0.353. The van der Waals surface area contributed by atoms with Gasteiger partial charge in [0.25, 0.3) is 11.8 Å². The van der Waals surface area contributed by atoms with Gasteiger partial charge >= 0.3 is 0 Å². The Labute approximate surface area is 200 Å². The molecule has 0 aliphatic heterocycles. The van der Waals surface area contributed by atoms with Crippen molar-refractivity contribution in [1.29, 1.82) is 0 Å². The third kappa shape index (κ3) is 7.52. The Morgan fingerprint density at radius 2 is 1.81 bits per heavy atom. The second-order valence-electron chi connectivity index (χ2n) is 7.41. The molecule has 1 unspecified atom stereocenters. The highest BCUT2D eigenvalue weighted by Gasteiger charge is 2.25. The second kappa shape index (κ2) is 11.5. The van der Waals surface area contributed by atoms with Crippen molar-refractivity contribution < 1.29 is 14.3 Å². The van der Waals surface area contributed by atoms with Crippen molar-refractivity contribution in [2.24, 2.45) is 11.0 Å². The zero-order chi connectivity index (χ0) is 23.1. The summed E-state index contributed by atoms with van der Waals surface area (Å²) in [5.74, 6) is -0.362. The van der Waals surface area contributed by atoms with Gasteiger partial charge in [-0.25, -0.2) is 5.43 Å². The maximum absolute atomic E-state index is 12.6. The van der Waals surface area contributed by atoms with Crippen LogP contribution < -0.4 is 15.5 Å². The van der Waals surface area contributed by atoms with E-state index < -0.39 is 17.9 Å². The molecular weight excluding hydrogens is 505 g/mol. The lowest BCUT2D eigenvalue weighted by Crippen LogP contribution is -2.48. The van der Waals surface area contributed by atoms with Gasteiger partial charge in [-0.2, -0.15) is 5.10 Å². The Bertz CT molecular complexity index is 980.